The molecule has 0 aliphatic rings. The molecule has 0 spiro atoms. The van der Waals surface area contributed by atoms with E-state index in [0.29, 0.717) is 12.2 Å². The molecular formula is C12H16N2O. The van der Waals surface area contributed by atoms with Crippen LogP contribution in [0.2, 0.25) is 0 Å². The van der Waals surface area contributed by atoms with Gasteiger partial charge in [-0.15, -0.1) is 11.8 Å². The Labute approximate surface area is 90.5 Å². The van der Waals surface area contributed by atoms with Gasteiger partial charge >= 0.3 is 0 Å². The highest BCUT2D eigenvalue weighted by Crippen LogP contribution is 2.13. The van der Waals surface area contributed by atoms with Gasteiger partial charge in [-0.3, -0.25) is 4.98 Å². The molecule has 3 heteroatoms. The predicted molar refractivity (Wildman–Crippen MR) is 60.4 cm³/mol. The van der Waals surface area contributed by atoms with E-state index in [1.54, 1.807) is 12.1 Å². The van der Waals surface area contributed by atoms with Gasteiger partial charge in [0.25, 0.3) is 0 Å². The van der Waals surface area contributed by atoms with Gasteiger partial charge in [0.1, 0.15) is 5.75 Å². The number of rotatable bonds is 4. The second-order valence-electron chi connectivity index (χ2n) is 3.27. The van der Waals surface area contributed by atoms with Crippen LogP contribution in [0.3, 0.4) is 0 Å². The Bertz CT molecular complexity index is 377. The fourth-order valence-corrected chi connectivity index (χ4v) is 1.22. The summed E-state index contributed by atoms with van der Waals surface area (Å²) < 4.78 is 0. The molecule has 0 saturated heterocycles. The fraction of sp³-hybridized carbons (Fsp3) is 0.417. The summed E-state index contributed by atoms with van der Waals surface area (Å²) in [4.78, 5) is 4.24. The number of pyridine rings is 1. The Morgan fingerprint density at radius 1 is 1.47 bits per heavy atom. The summed E-state index contributed by atoms with van der Waals surface area (Å²) in [6.07, 6.45) is 0.822. The Hall–Kier alpha value is -1.53. The van der Waals surface area contributed by atoms with Crippen molar-refractivity contribution in [3.63, 3.8) is 0 Å². The minimum atomic E-state index is 0.245. The van der Waals surface area contributed by atoms with Crippen molar-refractivity contribution in [2.24, 2.45) is 0 Å². The number of nitrogens with zero attached hydrogens (tertiary/aromatic N) is 1. The molecule has 3 nitrogen and oxygen atoms in total. The summed E-state index contributed by atoms with van der Waals surface area (Å²) in [5.41, 5.74) is 1.61. The molecular weight excluding hydrogens is 188 g/mol. The molecule has 0 radical (unpaired) electrons. The van der Waals surface area contributed by atoms with Crippen molar-refractivity contribution in [2.75, 3.05) is 6.54 Å². The highest BCUT2D eigenvalue weighted by molar-refractivity contribution is 5.27. The molecule has 0 atom stereocenters. The Morgan fingerprint density at radius 3 is 3.00 bits per heavy atom. The first-order valence-corrected chi connectivity index (χ1v) is 5.00. The smallest absolute Gasteiger partial charge is 0.138 e. The molecule has 80 valence electrons. The first kappa shape index (κ1) is 11.5. The molecule has 15 heavy (non-hydrogen) atoms. The van der Waals surface area contributed by atoms with Crippen molar-refractivity contribution in [3.05, 3.63) is 23.5 Å². The van der Waals surface area contributed by atoms with Crippen LogP contribution in [0.5, 0.6) is 5.75 Å². The van der Waals surface area contributed by atoms with E-state index in [0.717, 1.165) is 18.7 Å². The second-order valence-corrected chi connectivity index (χ2v) is 3.27. The van der Waals surface area contributed by atoms with Gasteiger partial charge in [0, 0.05) is 25.2 Å². The number of hydrogen-bond acceptors (Lipinski definition) is 3. The standard InChI is InChI=1S/C12H16N2O/c1-3-4-5-8-13-9-11-12(15)7-6-10(2)14-11/h6-7,13,15H,5,8-9H2,1-2H3. The summed E-state index contributed by atoms with van der Waals surface area (Å²) in [7, 11) is 0. The lowest BCUT2D eigenvalue weighted by Crippen LogP contribution is -2.15. The zero-order valence-electron chi connectivity index (χ0n) is 9.17. The minimum Gasteiger partial charge on any atom is -0.506 e. The number of nitrogens with one attached hydrogen (secondary N) is 1. The normalized spacial score (nSPS) is 9.47. The van der Waals surface area contributed by atoms with Gasteiger partial charge in [-0.05, 0) is 26.0 Å². The van der Waals surface area contributed by atoms with E-state index in [1.165, 1.54) is 0 Å². The maximum absolute atomic E-state index is 9.51. The van der Waals surface area contributed by atoms with E-state index in [4.69, 9.17) is 0 Å². The van der Waals surface area contributed by atoms with Crippen molar-refractivity contribution in [1.29, 1.82) is 0 Å². The summed E-state index contributed by atoms with van der Waals surface area (Å²) in [6.45, 7) is 5.13. The van der Waals surface area contributed by atoms with Crippen molar-refractivity contribution < 1.29 is 5.11 Å². The zero-order chi connectivity index (χ0) is 11.1. The van der Waals surface area contributed by atoms with Crippen LogP contribution in [0, 0.1) is 18.8 Å². The quantitative estimate of drug-likeness (QED) is 0.578. The number of aryl methyl sites for hydroxylation is 1. The van der Waals surface area contributed by atoms with Crippen LogP contribution in [0.25, 0.3) is 0 Å². The first-order valence-electron chi connectivity index (χ1n) is 5.00. The molecule has 1 heterocycles. The molecule has 0 saturated carbocycles. The van der Waals surface area contributed by atoms with E-state index >= 15 is 0 Å². The van der Waals surface area contributed by atoms with E-state index in [9.17, 15) is 5.11 Å². The molecule has 1 rings (SSSR count). The Kier molecular flexibility index (Phi) is 4.65. The SMILES string of the molecule is CC#CCCNCc1nc(C)ccc1O. The third-order valence-corrected chi connectivity index (χ3v) is 1.99. The van der Waals surface area contributed by atoms with E-state index in [2.05, 4.69) is 22.1 Å². The Balaban J connectivity index is 2.42. The van der Waals surface area contributed by atoms with Gasteiger partial charge in [-0.1, -0.05) is 0 Å². The number of hydrogen-bond donors (Lipinski definition) is 2. The van der Waals surface area contributed by atoms with Crippen LogP contribution >= 0.6 is 0 Å². The second kappa shape index (κ2) is 6.05. The lowest BCUT2D eigenvalue weighted by molar-refractivity contribution is 0.459. The van der Waals surface area contributed by atoms with Crippen molar-refractivity contribution in [3.8, 4) is 17.6 Å². The average molecular weight is 204 g/mol. The highest BCUT2D eigenvalue weighted by atomic mass is 16.3. The Morgan fingerprint density at radius 2 is 2.27 bits per heavy atom. The molecule has 1 aromatic heterocycles. The molecule has 0 unspecified atom stereocenters. The molecule has 2 N–H and O–H groups in total. The van der Waals surface area contributed by atoms with Crippen LogP contribution in [-0.2, 0) is 6.54 Å². The molecule has 0 amide bonds. The molecule has 0 aromatic carbocycles. The largest absolute Gasteiger partial charge is 0.506 e. The third kappa shape index (κ3) is 4.01. The topological polar surface area (TPSA) is 45.2 Å². The summed E-state index contributed by atoms with van der Waals surface area (Å²) in [6, 6.07) is 3.46. The summed E-state index contributed by atoms with van der Waals surface area (Å²) >= 11 is 0. The molecule has 0 aliphatic heterocycles. The fourth-order valence-electron chi connectivity index (χ4n) is 1.22. The lowest BCUT2D eigenvalue weighted by atomic mass is 10.3. The van der Waals surface area contributed by atoms with Crippen molar-refractivity contribution >= 4 is 0 Å². The van der Waals surface area contributed by atoms with Crippen LogP contribution in [0.15, 0.2) is 12.1 Å². The molecule has 1 aromatic rings. The van der Waals surface area contributed by atoms with Gasteiger partial charge in [0.05, 0.1) is 5.69 Å². The van der Waals surface area contributed by atoms with Crippen LogP contribution in [0.4, 0.5) is 0 Å². The summed E-state index contributed by atoms with van der Waals surface area (Å²) in [5, 5.41) is 12.7. The number of aromatic hydroxyl groups is 1. The predicted octanol–water partition coefficient (Wildman–Crippen LogP) is 1.60. The van der Waals surface area contributed by atoms with Gasteiger partial charge < -0.3 is 10.4 Å². The van der Waals surface area contributed by atoms with E-state index in [-0.39, 0.29) is 5.75 Å². The average Bonchev–Trinajstić information content (AvgIpc) is 2.23. The van der Waals surface area contributed by atoms with Gasteiger partial charge in [-0.2, -0.15) is 0 Å². The van der Waals surface area contributed by atoms with Gasteiger partial charge in [-0.25, -0.2) is 0 Å². The van der Waals surface area contributed by atoms with Crippen LogP contribution < -0.4 is 5.32 Å². The molecule has 0 bridgehead atoms. The van der Waals surface area contributed by atoms with E-state index < -0.39 is 0 Å². The van der Waals surface area contributed by atoms with Crippen molar-refractivity contribution in [1.82, 2.24) is 10.3 Å². The minimum absolute atomic E-state index is 0.245. The van der Waals surface area contributed by atoms with Gasteiger partial charge in [0.15, 0.2) is 0 Å². The van der Waals surface area contributed by atoms with Crippen molar-refractivity contribution in [2.45, 2.75) is 26.8 Å². The van der Waals surface area contributed by atoms with Crippen LogP contribution in [0.1, 0.15) is 24.7 Å². The summed E-state index contributed by atoms with van der Waals surface area (Å²) in [5.74, 6) is 6.04. The zero-order valence-corrected chi connectivity index (χ0v) is 9.17. The monoisotopic (exact) mass is 204 g/mol. The molecule has 0 fully saturated rings. The van der Waals surface area contributed by atoms with E-state index in [1.807, 2.05) is 13.8 Å². The third-order valence-electron chi connectivity index (χ3n) is 1.99. The first-order chi connectivity index (χ1) is 7.24. The van der Waals surface area contributed by atoms with Crippen LogP contribution in [-0.4, -0.2) is 16.6 Å². The van der Waals surface area contributed by atoms with Gasteiger partial charge in [0.2, 0.25) is 0 Å². The maximum atomic E-state index is 9.51. The number of aromatic nitrogens is 1. The highest BCUT2D eigenvalue weighted by Gasteiger charge is 2.01. The molecule has 0 aliphatic carbocycles. The maximum Gasteiger partial charge on any atom is 0.138 e. The lowest BCUT2D eigenvalue weighted by Gasteiger charge is -2.05.